The fourth-order valence-electron chi connectivity index (χ4n) is 1.60. The highest BCUT2D eigenvalue weighted by Gasteiger charge is 2.08. The number of carbonyl (C=O) groups excluding carboxylic acids is 1. The smallest absolute Gasteiger partial charge is 0.306 e. The summed E-state index contributed by atoms with van der Waals surface area (Å²) in [6, 6.07) is 7.82. The number of esters is 1. The third kappa shape index (κ3) is 3.35. The van der Waals surface area contributed by atoms with Crippen molar-refractivity contribution in [1.82, 2.24) is 9.97 Å². The number of anilines is 1. The van der Waals surface area contributed by atoms with E-state index < -0.39 is 0 Å². The minimum absolute atomic E-state index is 0.209. The van der Waals surface area contributed by atoms with E-state index in [0.29, 0.717) is 18.1 Å². The molecule has 2 aromatic rings. The van der Waals surface area contributed by atoms with Crippen LogP contribution in [-0.2, 0) is 9.53 Å². The zero-order chi connectivity index (χ0) is 13.7. The van der Waals surface area contributed by atoms with Crippen molar-refractivity contribution in [3.63, 3.8) is 0 Å². The third-order valence-corrected chi connectivity index (χ3v) is 3.56. The van der Waals surface area contributed by atoms with Gasteiger partial charge in [0.1, 0.15) is 5.03 Å². The van der Waals surface area contributed by atoms with Crippen molar-refractivity contribution in [3.8, 4) is 0 Å². The van der Waals surface area contributed by atoms with Crippen molar-refractivity contribution in [3.05, 3.63) is 24.3 Å². The second-order valence-electron chi connectivity index (χ2n) is 3.79. The highest BCUT2D eigenvalue weighted by molar-refractivity contribution is 7.99. The van der Waals surface area contributed by atoms with Crippen molar-refractivity contribution >= 4 is 34.6 Å². The lowest BCUT2D eigenvalue weighted by Crippen LogP contribution is -2.02. The van der Waals surface area contributed by atoms with Crippen molar-refractivity contribution in [1.29, 1.82) is 0 Å². The molecule has 0 spiro atoms. The topological polar surface area (TPSA) is 64.1 Å². The summed E-state index contributed by atoms with van der Waals surface area (Å²) in [6.45, 7) is 0. The van der Waals surface area contributed by atoms with Gasteiger partial charge in [-0.3, -0.25) is 4.79 Å². The van der Waals surface area contributed by atoms with Gasteiger partial charge in [-0.2, -0.15) is 0 Å². The Morgan fingerprint density at radius 2 is 2.16 bits per heavy atom. The Morgan fingerprint density at radius 3 is 2.89 bits per heavy atom. The fraction of sp³-hybridized carbons (Fsp3) is 0.308. The van der Waals surface area contributed by atoms with E-state index in [1.165, 1.54) is 18.9 Å². The summed E-state index contributed by atoms with van der Waals surface area (Å²) < 4.78 is 4.62. The van der Waals surface area contributed by atoms with Gasteiger partial charge in [0.2, 0.25) is 5.95 Å². The molecule has 1 N–H and O–H groups in total. The average Bonchev–Trinajstić information content (AvgIpc) is 2.46. The highest BCUT2D eigenvalue weighted by atomic mass is 32.2. The van der Waals surface area contributed by atoms with Gasteiger partial charge in [-0.25, -0.2) is 9.97 Å². The maximum atomic E-state index is 11.1. The van der Waals surface area contributed by atoms with Gasteiger partial charge in [0, 0.05) is 18.2 Å². The van der Waals surface area contributed by atoms with E-state index in [9.17, 15) is 4.79 Å². The molecule has 0 aliphatic carbocycles. The molecule has 2 rings (SSSR count). The molecule has 0 bridgehead atoms. The second-order valence-corrected chi connectivity index (χ2v) is 4.88. The molecule has 0 saturated carbocycles. The van der Waals surface area contributed by atoms with Gasteiger partial charge in [0.25, 0.3) is 0 Å². The van der Waals surface area contributed by atoms with Crippen LogP contribution >= 0.6 is 11.8 Å². The Morgan fingerprint density at radius 1 is 1.37 bits per heavy atom. The van der Waals surface area contributed by atoms with E-state index in [1.54, 1.807) is 7.05 Å². The molecule has 100 valence electrons. The molecule has 0 aliphatic heterocycles. The largest absolute Gasteiger partial charge is 0.469 e. The van der Waals surface area contributed by atoms with Crippen LogP contribution in [0.3, 0.4) is 0 Å². The molecular formula is C13H15N3O2S. The van der Waals surface area contributed by atoms with E-state index >= 15 is 0 Å². The van der Waals surface area contributed by atoms with Gasteiger partial charge in [0.15, 0.2) is 0 Å². The van der Waals surface area contributed by atoms with Crippen LogP contribution in [-0.4, -0.2) is 35.8 Å². The number of nitrogens with zero attached hydrogens (tertiary/aromatic N) is 2. The fourth-order valence-corrected chi connectivity index (χ4v) is 2.54. The zero-order valence-corrected chi connectivity index (χ0v) is 11.7. The maximum absolute atomic E-state index is 11.1. The molecule has 19 heavy (non-hydrogen) atoms. The summed E-state index contributed by atoms with van der Waals surface area (Å²) in [7, 11) is 3.18. The SMILES string of the molecule is CNc1nc(SCCC(=O)OC)c2ccccc2n1. The average molecular weight is 277 g/mol. The number of carbonyl (C=O) groups is 1. The molecular weight excluding hydrogens is 262 g/mol. The normalized spacial score (nSPS) is 10.4. The monoisotopic (exact) mass is 277 g/mol. The van der Waals surface area contributed by atoms with Crippen LogP contribution in [0.25, 0.3) is 10.9 Å². The first kappa shape index (κ1) is 13.6. The summed E-state index contributed by atoms with van der Waals surface area (Å²) in [5.41, 5.74) is 0.891. The number of rotatable bonds is 5. The second kappa shape index (κ2) is 6.38. The molecule has 6 heteroatoms. The van der Waals surface area contributed by atoms with Crippen LogP contribution in [0, 0.1) is 0 Å². The Balaban J connectivity index is 2.23. The van der Waals surface area contributed by atoms with Gasteiger partial charge in [0.05, 0.1) is 19.0 Å². The predicted molar refractivity (Wildman–Crippen MR) is 76.4 cm³/mol. The molecule has 0 atom stereocenters. The lowest BCUT2D eigenvalue weighted by Gasteiger charge is -2.07. The summed E-state index contributed by atoms with van der Waals surface area (Å²) in [5, 5.41) is 4.81. The summed E-state index contributed by atoms with van der Waals surface area (Å²) in [4.78, 5) is 19.9. The van der Waals surface area contributed by atoms with Crippen LogP contribution < -0.4 is 5.32 Å². The Labute approximate surface area is 115 Å². The van der Waals surface area contributed by atoms with Crippen molar-refractivity contribution in [2.24, 2.45) is 0 Å². The van der Waals surface area contributed by atoms with Crippen molar-refractivity contribution in [2.75, 3.05) is 25.2 Å². The predicted octanol–water partition coefficient (Wildman–Crippen LogP) is 2.33. The molecule has 0 amide bonds. The molecule has 0 radical (unpaired) electrons. The number of thioether (sulfide) groups is 1. The molecule has 1 aromatic heterocycles. The van der Waals surface area contributed by atoms with E-state index in [0.717, 1.165) is 15.9 Å². The quantitative estimate of drug-likeness (QED) is 0.514. The van der Waals surface area contributed by atoms with Crippen LogP contribution in [0.15, 0.2) is 29.3 Å². The van der Waals surface area contributed by atoms with Crippen LogP contribution in [0.4, 0.5) is 5.95 Å². The minimum Gasteiger partial charge on any atom is -0.469 e. The zero-order valence-electron chi connectivity index (χ0n) is 10.8. The number of ether oxygens (including phenoxy) is 1. The number of benzene rings is 1. The Bertz CT molecular complexity index is 589. The lowest BCUT2D eigenvalue weighted by molar-refractivity contribution is -0.140. The first-order valence-electron chi connectivity index (χ1n) is 5.88. The van der Waals surface area contributed by atoms with Gasteiger partial charge in [-0.15, -0.1) is 11.8 Å². The molecule has 1 heterocycles. The molecule has 0 fully saturated rings. The van der Waals surface area contributed by atoms with E-state index in [2.05, 4.69) is 20.0 Å². The number of fused-ring (bicyclic) bond motifs is 1. The number of para-hydroxylation sites is 1. The highest BCUT2D eigenvalue weighted by Crippen LogP contribution is 2.26. The van der Waals surface area contributed by atoms with Crippen molar-refractivity contribution < 1.29 is 9.53 Å². The standard InChI is InChI=1S/C13H15N3O2S/c1-14-13-15-10-6-4-3-5-9(10)12(16-13)19-8-7-11(17)18-2/h3-6H,7-8H2,1-2H3,(H,14,15,16). The van der Waals surface area contributed by atoms with Crippen LogP contribution in [0.2, 0.25) is 0 Å². The number of hydrogen-bond donors (Lipinski definition) is 1. The summed E-state index contributed by atoms with van der Waals surface area (Å²) >= 11 is 1.53. The van der Waals surface area contributed by atoms with E-state index in [-0.39, 0.29) is 5.97 Å². The Hall–Kier alpha value is -1.82. The molecule has 5 nitrogen and oxygen atoms in total. The van der Waals surface area contributed by atoms with Gasteiger partial charge >= 0.3 is 5.97 Å². The van der Waals surface area contributed by atoms with Gasteiger partial charge in [-0.1, -0.05) is 18.2 Å². The number of nitrogens with one attached hydrogen (secondary N) is 1. The first-order chi connectivity index (χ1) is 9.24. The van der Waals surface area contributed by atoms with Crippen LogP contribution in [0.1, 0.15) is 6.42 Å². The molecule has 0 saturated heterocycles. The lowest BCUT2D eigenvalue weighted by atomic mass is 10.2. The summed E-state index contributed by atoms with van der Waals surface area (Å²) in [5.74, 6) is 1.01. The maximum Gasteiger partial charge on any atom is 0.306 e. The van der Waals surface area contributed by atoms with Crippen molar-refractivity contribution in [2.45, 2.75) is 11.4 Å². The van der Waals surface area contributed by atoms with Crippen LogP contribution in [0.5, 0.6) is 0 Å². The van der Waals surface area contributed by atoms with Gasteiger partial charge < -0.3 is 10.1 Å². The van der Waals surface area contributed by atoms with Gasteiger partial charge in [-0.05, 0) is 6.07 Å². The molecule has 0 aliphatic rings. The Kier molecular flexibility index (Phi) is 4.57. The number of aromatic nitrogens is 2. The summed E-state index contributed by atoms with van der Waals surface area (Å²) in [6.07, 6.45) is 0.369. The van der Waals surface area contributed by atoms with E-state index in [1.807, 2.05) is 24.3 Å². The van der Waals surface area contributed by atoms with E-state index in [4.69, 9.17) is 0 Å². The number of hydrogen-bond acceptors (Lipinski definition) is 6. The minimum atomic E-state index is -0.209. The first-order valence-corrected chi connectivity index (χ1v) is 6.87. The third-order valence-electron chi connectivity index (χ3n) is 2.56. The number of methoxy groups -OCH3 is 1. The molecule has 1 aromatic carbocycles. The molecule has 0 unspecified atom stereocenters.